The summed E-state index contributed by atoms with van der Waals surface area (Å²) >= 11 is 5.97. The molecule has 0 fully saturated rings. The normalized spacial score (nSPS) is 11.3. The second-order valence-corrected chi connectivity index (χ2v) is 3.39. The van der Waals surface area contributed by atoms with Crippen molar-refractivity contribution in [2.24, 2.45) is 0 Å². The van der Waals surface area contributed by atoms with Crippen LogP contribution in [0.25, 0.3) is 16.7 Å². The Labute approximate surface area is 88.9 Å². The Bertz CT molecular complexity index is 661. The summed E-state index contributed by atoms with van der Waals surface area (Å²) in [7, 11) is 0. The van der Waals surface area contributed by atoms with E-state index in [4.69, 9.17) is 11.6 Å². The highest BCUT2D eigenvalue weighted by molar-refractivity contribution is 6.33. The quantitative estimate of drug-likeness (QED) is 0.566. The Morgan fingerprint density at radius 1 is 1.13 bits per heavy atom. The second-order valence-electron chi connectivity index (χ2n) is 3.03. The third-order valence-corrected chi connectivity index (χ3v) is 2.34. The average Bonchev–Trinajstić information content (AvgIpc) is 2.62. The van der Waals surface area contributed by atoms with E-state index in [2.05, 4.69) is 25.3 Å². The lowest BCUT2D eigenvalue weighted by Crippen LogP contribution is -1.98. The summed E-state index contributed by atoms with van der Waals surface area (Å²) in [5.74, 6) is 0.666. The van der Waals surface area contributed by atoms with Gasteiger partial charge < -0.3 is 0 Å². The SMILES string of the molecule is Cc1nnc2c3nccnc3c(Cl)nn12. The molecule has 0 aliphatic rings. The standard InChI is InChI=1S/C8H5ClN6/c1-4-12-13-8-6-5(10-2-3-11-6)7(9)14-15(4)8/h2-3H,1H3. The fourth-order valence-electron chi connectivity index (χ4n) is 1.41. The van der Waals surface area contributed by atoms with Crippen molar-refractivity contribution in [3.63, 3.8) is 0 Å². The van der Waals surface area contributed by atoms with Gasteiger partial charge >= 0.3 is 0 Å². The predicted molar refractivity (Wildman–Crippen MR) is 53.6 cm³/mol. The van der Waals surface area contributed by atoms with Gasteiger partial charge in [0.1, 0.15) is 11.0 Å². The van der Waals surface area contributed by atoms with Gasteiger partial charge in [0.2, 0.25) is 5.65 Å². The minimum Gasteiger partial charge on any atom is -0.250 e. The van der Waals surface area contributed by atoms with E-state index in [1.54, 1.807) is 23.8 Å². The first-order chi connectivity index (χ1) is 7.27. The van der Waals surface area contributed by atoms with Crippen molar-refractivity contribution in [2.45, 2.75) is 6.92 Å². The van der Waals surface area contributed by atoms with Gasteiger partial charge in [0.15, 0.2) is 11.0 Å². The van der Waals surface area contributed by atoms with Crippen LogP contribution in [-0.2, 0) is 0 Å². The Morgan fingerprint density at radius 3 is 2.67 bits per heavy atom. The van der Waals surface area contributed by atoms with Gasteiger partial charge in [0, 0.05) is 12.4 Å². The van der Waals surface area contributed by atoms with E-state index in [1.165, 1.54) is 0 Å². The Balaban J connectivity index is 2.65. The molecule has 0 unspecified atom stereocenters. The smallest absolute Gasteiger partial charge is 0.205 e. The summed E-state index contributed by atoms with van der Waals surface area (Å²) in [6.45, 7) is 1.80. The number of halogens is 1. The van der Waals surface area contributed by atoms with E-state index in [1.807, 2.05) is 0 Å². The van der Waals surface area contributed by atoms with Crippen molar-refractivity contribution in [2.75, 3.05) is 0 Å². The Morgan fingerprint density at radius 2 is 1.87 bits per heavy atom. The molecule has 0 saturated carbocycles. The van der Waals surface area contributed by atoms with Crippen LogP contribution in [0.3, 0.4) is 0 Å². The molecule has 0 aliphatic carbocycles. The fourth-order valence-corrected chi connectivity index (χ4v) is 1.63. The number of nitrogens with zero attached hydrogens (tertiary/aromatic N) is 6. The molecule has 3 aromatic heterocycles. The number of fused-ring (bicyclic) bond motifs is 3. The van der Waals surface area contributed by atoms with E-state index in [-0.39, 0.29) is 0 Å². The third-order valence-electron chi connectivity index (χ3n) is 2.09. The van der Waals surface area contributed by atoms with E-state index in [0.29, 0.717) is 27.7 Å². The highest BCUT2D eigenvalue weighted by Crippen LogP contribution is 2.19. The average molecular weight is 221 g/mol. The summed E-state index contributed by atoms with van der Waals surface area (Å²) in [4.78, 5) is 8.28. The zero-order chi connectivity index (χ0) is 10.4. The van der Waals surface area contributed by atoms with Gasteiger partial charge in [0.25, 0.3) is 0 Å². The summed E-state index contributed by atoms with van der Waals surface area (Å²) in [5.41, 5.74) is 1.72. The molecule has 6 nitrogen and oxygen atoms in total. The molecule has 3 rings (SSSR count). The topological polar surface area (TPSA) is 68.9 Å². The van der Waals surface area contributed by atoms with Crippen molar-refractivity contribution < 1.29 is 0 Å². The number of aryl methyl sites for hydroxylation is 1. The van der Waals surface area contributed by atoms with E-state index >= 15 is 0 Å². The maximum Gasteiger partial charge on any atom is 0.205 e. The van der Waals surface area contributed by atoms with Crippen LogP contribution in [0.4, 0.5) is 0 Å². The first-order valence-corrected chi connectivity index (χ1v) is 4.63. The molecule has 0 bridgehead atoms. The molecule has 0 N–H and O–H groups in total. The number of rotatable bonds is 0. The Hall–Kier alpha value is -1.82. The van der Waals surface area contributed by atoms with Crippen LogP contribution in [-0.4, -0.2) is 29.8 Å². The molecular formula is C8H5ClN6. The second kappa shape index (κ2) is 2.83. The molecule has 3 heterocycles. The fraction of sp³-hybridized carbons (Fsp3) is 0.125. The van der Waals surface area contributed by atoms with Gasteiger partial charge in [-0.05, 0) is 6.92 Å². The molecule has 7 heteroatoms. The van der Waals surface area contributed by atoms with Gasteiger partial charge in [-0.1, -0.05) is 11.6 Å². The molecule has 0 atom stereocenters. The minimum atomic E-state index is 0.300. The summed E-state index contributed by atoms with van der Waals surface area (Å²) in [5, 5.41) is 12.3. The highest BCUT2D eigenvalue weighted by atomic mass is 35.5. The van der Waals surface area contributed by atoms with Gasteiger partial charge in [-0.15, -0.1) is 10.2 Å². The largest absolute Gasteiger partial charge is 0.250 e. The lowest BCUT2D eigenvalue weighted by molar-refractivity contribution is 0.878. The van der Waals surface area contributed by atoms with Crippen LogP contribution >= 0.6 is 11.6 Å². The molecule has 0 spiro atoms. The lowest BCUT2D eigenvalue weighted by atomic mass is 10.4. The summed E-state index contributed by atoms with van der Waals surface area (Å²) < 4.78 is 1.55. The Kier molecular flexibility index (Phi) is 1.60. The van der Waals surface area contributed by atoms with Crippen LogP contribution in [0.5, 0.6) is 0 Å². The molecular weight excluding hydrogens is 216 g/mol. The number of hydrogen-bond acceptors (Lipinski definition) is 5. The predicted octanol–water partition coefficient (Wildman–Crippen LogP) is 1.03. The van der Waals surface area contributed by atoms with Gasteiger partial charge in [-0.3, -0.25) is 0 Å². The number of hydrogen-bond donors (Lipinski definition) is 0. The molecule has 0 aliphatic heterocycles. The van der Waals surface area contributed by atoms with Gasteiger partial charge in [0.05, 0.1) is 0 Å². The van der Waals surface area contributed by atoms with Gasteiger partial charge in [-0.2, -0.15) is 9.61 Å². The third kappa shape index (κ3) is 1.08. The van der Waals surface area contributed by atoms with Crippen LogP contribution in [0, 0.1) is 6.92 Å². The zero-order valence-corrected chi connectivity index (χ0v) is 8.47. The molecule has 0 amide bonds. The van der Waals surface area contributed by atoms with E-state index in [9.17, 15) is 0 Å². The monoisotopic (exact) mass is 220 g/mol. The van der Waals surface area contributed by atoms with Crippen molar-refractivity contribution in [3.8, 4) is 0 Å². The maximum absolute atomic E-state index is 5.97. The minimum absolute atomic E-state index is 0.300. The molecule has 3 aromatic rings. The lowest BCUT2D eigenvalue weighted by Gasteiger charge is -1.99. The molecule has 74 valence electrons. The van der Waals surface area contributed by atoms with E-state index < -0.39 is 0 Å². The highest BCUT2D eigenvalue weighted by Gasteiger charge is 2.12. The molecule has 15 heavy (non-hydrogen) atoms. The molecule has 0 aromatic carbocycles. The van der Waals surface area contributed by atoms with Crippen LogP contribution in [0.15, 0.2) is 12.4 Å². The summed E-state index contributed by atoms with van der Waals surface area (Å²) in [6.07, 6.45) is 3.15. The van der Waals surface area contributed by atoms with Crippen LogP contribution in [0.1, 0.15) is 5.82 Å². The van der Waals surface area contributed by atoms with Crippen molar-refractivity contribution in [1.29, 1.82) is 0 Å². The molecule has 0 radical (unpaired) electrons. The zero-order valence-electron chi connectivity index (χ0n) is 7.72. The molecule has 0 saturated heterocycles. The summed E-state index contributed by atoms with van der Waals surface area (Å²) in [6, 6.07) is 0. The van der Waals surface area contributed by atoms with E-state index in [0.717, 1.165) is 0 Å². The number of aromatic nitrogens is 6. The van der Waals surface area contributed by atoms with Crippen LogP contribution in [0.2, 0.25) is 5.15 Å². The van der Waals surface area contributed by atoms with Gasteiger partial charge in [-0.25, -0.2) is 9.97 Å². The van der Waals surface area contributed by atoms with Crippen LogP contribution < -0.4 is 0 Å². The van der Waals surface area contributed by atoms with Crippen molar-refractivity contribution >= 4 is 28.3 Å². The van der Waals surface area contributed by atoms with Crippen molar-refractivity contribution in [3.05, 3.63) is 23.4 Å². The first-order valence-electron chi connectivity index (χ1n) is 4.25. The van der Waals surface area contributed by atoms with Crippen molar-refractivity contribution in [1.82, 2.24) is 29.8 Å². The maximum atomic E-state index is 5.97. The first kappa shape index (κ1) is 8.49.